The fourth-order valence-electron chi connectivity index (χ4n) is 3.60. The van der Waals surface area contributed by atoms with E-state index in [0.717, 1.165) is 56.2 Å². The van der Waals surface area contributed by atoms with E-state index in [1.54, 1.807) is 30.3 Å². The van der Waals surface area contributed by atoms with Gasteiger partial charge >= 0.3 is 6.18 Å². The van der Waals surface area contributed by atoms with Crippen LogP contribution in [0.15, 0.2) is 53.7 Å². The van der Waals surface area contributed by atoms with Gasteiger partial charge in [0.2, 0.25) is 5.91 Å². The van der Waals surface area contributed by atoms with Crippen LogP contribution in [-0.4, -0.2) is 44.4 Å². The predicted octanol–water partition coefficient (Wildman–Crippen LogP) is 5.71. The average Bonchev–Trinajstić information content (AvgIpc) is 3.21. The third kappa shape index (κ3) is 4.94. The summed E-state index contributed by atoms with van der Waals surface area (Å²) in [5.41, 5.74) is -0.00453. The Kier molecular flexibility index (Phi) is 6.76. The van der Waals surface area contributed by atoms with E-state index in [9.17, 15) is 18.0 Å². The van der Waals surface area contributed by atoms with Gasteiger partial charge in [-0.15, -0.1) is 10.2 Å². The summed E-state index contributed by atoms with van der Waals surface area (Å²) in [5, 5.41) is 9.11. The Bertz CT molecular complexity index is 1110. The maximum atomic E-state index is 13.3. The fourth-order valence-corrected chi connectivity index (χ4v) is 4.67. The summed E-state index contributed by atoms with van der Waals surface area (Å²) in [6.07, 6.45) is -1.42. The second-order valence-electron chi connectivity index (χ2n) is 7.40. The average molecular weight is 481 g/mol. The van der Waals surface area contributed by atoms with Gasteiger partial charge in [0, 0.05) is 18.7 Å². The summed E-state index contributed by atoms with van der Waals surface area (Å²) in [7, 11) is 0. The number of thioether (sulfide) groups is 1. The number of aromatic nitrogens is 3. The second-order valence-corrected chi connectivity index (χ2v) is 8.75. The van der Waals surface area contributed by atoms with Crippen molar-refractivity contribution < 1.29 is 18.0 Å². The molecule has 0 bridgehead atoms. The zero-order valence-corrected chi connectivity index (χ0v) is 18.6. The van der Waals surface area contributed by atoms with Crippen LogP contribution in [0.25, 0.3) is 17.1 Å². The summed E-state index contributed by atoms with van der Waals surface area (Å²) < 4.78 is 41.5. The highest BCUT2D eigenvalue weighted by molar-refractivity contribution is 7.99. The highest BCUT2D eigenvalue weighted by atomic mass is 35.5. The molecule has 0 aliphatic carbocycles. The molecule has 168 valence electrons. The lowest BCUT2D eigenvalue weighted by Crippen LogP contribution is -2.36. The minimum absolute atomic E-state index is 0.0208. The summed E-state index contributed by atoms with van der Waals surface area (Å²) in [5.74, 6) is 0.412. The minimum atomic E-state index is -4.49. The van der Waals surface area contributed by atoms with Crippen molar-refractivity contribution in [3.8, 4) is 17.1 Å². The van der Waals surface area contributed by atoms with Crippen molar-refractivity contribution in [2.75, 3.05) is 18.8 Å². The molecule has 2 heterocycles. The second kappa shape index (κ2) is 9.54. The van der Waals surface area contributed by atoms with Crippen molar-refractivity contribution in [1.29, 1.82) is 0 Å². The van der Waals surface area contributed by atoms with Crippen molar-refractivity contribution >= 4 is 29.3 Å². The molecule has 0 atom stereocenters. The van der Waals surface area contributed by atoms with Crippen LogP contribution in [0, 0.1) is 0 Å². The van der Waals surface area contributed by atoms with Gasteiger partial charge in [0.25, 0.3) is 0 Å². The smallest absolute Gasteiger partial charge is 0.342 e. The first kappa shape index (κ1) is 22.7. The number of carbonyl (C=O) groups is 1. The van der Waals surface area contributed by atoms with E-state index in [1.807, 2.05) is 4.90 Å². The van der Waals surface area contributed by atoms with E-state index >= 15 is 0 Å². The monoisotopic (exact) mass is 480 g/mol. The lowest BCUT2D eigenvalue weighted by Gasteiger charge is -2.26. The van der Waals surface area contributed by atoms with E-state index in [2.05, 4.69) is 10.2 Å². The van der Waals surface area contributed by atoms with Gasteiger partial charge in [-0.3, -0.25) is 9.36 Å². The third-order valence-electron chi connectivity index (χ3n) is 5.21. The number of halogens is 4. The highest BCUT2D eigenvalue weighted by Gasteiger charge is 2.31. The van der Waals surface area contributed by atoms with Gasteiger partial charge in [-0.05, 0) is 49.6 Å². The van der Waals surface area contributed by atoms with Crippen molar-refractivity contribution in [3.05, 3.63) is 59.1 Å². The maximum Gasteiger partial charge on any atom is 0.416 e. The molecule has 1 aliphatic rings. The fraction of sp³-hybridized carbons (Fsp3) is 0.318. The number of piperidine rings is 1. The Morgan fingerprint density at radius 1 is 1.03 bits per heavy atom. The zero-order valence-electron chi connectivity index (χ0n) is 17.0. The maximum absolute atomic E-state index is 13.3. The zero-order chi connectivity index (χ0) is 22.7. The molecule has 0 radical (unpaired) electrons. The molecule has 0 spiro atoms. The number of amides is 1. The molecule has 0 saturated carbocycles. The molecule has 10 heteroatoms. The predicted molar refractivity (Wildman–Crippen MR) is 118 cm³/mol. The number of nitrogens with zero attached hydrogens (tertiary/aromatic N) is 4. The van der Waals surface area contributed by atoms with Gasteiger partial charge in [0.15, 0.2) is 11.0 Å². The van der Waals surface area contributed by atoms with Gasteiger partial charge in [-0.1, -0.05) is 41.6 Å². The largest absolute Gasteiger partial charge is 0.416 e. The normalized spacial score (nSPS) is 14.6. The van der Waals surface area contributed by atoms with Crippen molar-refractivity contribution in [2.45, 2.75) is 30.6 Å². The van der Waals surface area contributed by atoms with Gasteiger partial charge in [-0.25, -0.2) is 0 Å². The van der Waals surface area contributed by atoms with Crippen LogP contribution in [0.1, 0.15) is 24.8 Å². The molecule has 0 N–H and O–H groups in total. The molecular formula is C22H20ClF3N4OS. The molecule has 1 aromatic heterocycles. The van der Waals surface area contributed by atoms with Crippen molar-refractivity contribution in [2.24, 2.45) is 0 Å². The Balaban J connectivity index is 1.71. The van der Waals surface area contributed by atoms with Crippen LogP contribution in [-0.2, 0) is 11.0 Å². The number of hydrogen-bond acceptors (Lipinski definition) is 4. The molecule has 1 fully saturated rings. The van der Waals surface area contributed by atoms with Gasteiger partial charge in [0.05, 0.1) is 22.0 Å². The standard InChI is InChI=1S/C22H20ClF3N4OS/c23-18-10-3-2-9-17(18)20-27-28-21(32-14-19(31)29-11-4-1-5-12-29)30(20)16-8-6-7-15(13-16)22(24,25)26/h2-3,6-10,13H,1,4-5,11-12,14H2. The van der Waals surface area contributed by atoms with Crippen LogP contribution >= 0.6 is 23.4 Å². The molecule has 1 saturated heterocycles. The number of likely N-dealkylation sites (tertiary alicyclic amines) is 1. The molecule has 3 aromatic rings. The topological polar surface area (TPSA) is 51.0 Å². The summed E-state index contributed by atoms with van der Waals surface area (Å²) in [4.78, 5) is 14.4. The van der Waals surface area contributed by atoms with Crippen LogP contribution in [0.2, 0.25) is 5.02 Å². The van der Waals surface area contributed by atoms with Crippen LogP contribution < -0.4 is 0 Å². The molecular weight excluding hydrogens is 461 g/mol. The highest BCUT2D eigenvalue weighted by Crippen LogP contribution is 2.35. The number of alkyl halides is 3. The molecule has 5 nitrogen and oxygen atoms in total. The molecule has 0 unspecified atom stereocenters. The Labute approximate surface area is 192 Å². The molecule has 1 amide bonds. The van der Waals surface area contributed by atoms with Gasteiger partial charge in [0.1, 0.15) is 0 Å². The lowest BCUT2D eigenvalue weighted by atomic mass is 10.1. The molecule has 2 aromatic carbocycles. The first-order valence-corrected chi connectivity index (χ1v) is 11.5. The van der Waals surface area contributed by atoms with E-state index in [4.69, 9.17) is 11.6 Å². The van der Waals surface area contributed by atoms with Crippen LogP contribution in [0.3, 0.4) is 0 Å². The van der Waals surface area contributed by atoms with Crippen molar-refractivity contribution in [1.82, 2.24) is 19.7 Å². The van der Waals surface area contributed by atoms with Crippen molar-refractivity contribution in [3.63, 3.8) is 0 Å². The third-order valence-corrected chi connectivity index (χ3v) is 6.46. The quantitative estimate of drug-likeness (QED) is 0.439. The van der Waals surface area contributed by atoms with Crippen LogP contribution in [0.5, 0.6) is 0 Å². The van der Waals surface area contributed by atoms with Gasteiger partial charge in [-0.2, -0.15) is 13.2 Å². The van der Waals surface area contributed by atoms with E-state index < -0.39 is 11.7 Å². The first-order chi connectivity index (χ1) is 15.3. The van der Waals surface area contributed by atoms with Crippen LogP contribution in [0.4, 0.5) is 13.2 Å². The number of carbonyl (C=O) groups excluding carboxylic acids is 1. The van der Waals surface area contributed by atoms with E-state index in [0.29, 0.717) is 21.6 Å². The minimum Gasteiger partial charge on any atom is -0.342 e. The Morgan fingerprint density at radius 3 is 2.50 bits per heavy atom. The summed E-state index contributed by atoms with van der Waals surface area (Å²) >= 11 is 7.48. The Hall–Kier alpha value is -2.52. The lowest BCUT2D eigenvalue weighted by molar-refractivity contribution is -0.137. The molecule has 1 aliphatic heterocycles. The number of hydrogen-bond donors (Lipinski definition) is 0. The van der Waals surface area contributed by atoms with E-state index in [1.165, 1.54) is 10.6 Å². The number of rotatable bonds is 5. The van der Waals surface area contributed by atoms with E-state index in [-0.39, 0.29) is 17.3 Å². The summed E-state index contributed by atoms with van der Waals surface area (Å²) in [6, 6.07) is 11.9. The molecule has 32 heavy (non-hydrogen) atoms. The first-order valence-electron chi connectivity index (χ1n) is 10.1. The van der Waals surface area contributed by atoms with Gasteiger partial charge < -0.3 is 4.90 Å². The number of benzene rings is 2. The Morgan fingerprint density at radius 2 is 1.78 bits per heavy atom. The molecule has 4 rings (SSSR count). The SMILES string of the molecule is O=C(CSc1nnc(-c2ccccc2Cl)n1-c1cccc(C(F)(F)F)c1)N1CCCCC1. The summed E-state index contributed by atoms with van der Waals surface area (Å²) in [6.45, 7) is 1.45.